The Hall–Kier alpha value is -0.900. The molecule has 0 saturated carbocycles. The lowest BCUT2D eigenvalue weighted by Gasteiger charge is -2.06. The van der Waals surface area contributed by atoms with Gasteiger partial charge < -0.3 is 14.8 Å². The highest BCUT2D eigenvalue weighted by Crippen LogP contribution is 1.97. The molecular formula is C16H27NO2. The predicted molar refractivity (Wildman–Crippen MR) is 79.3 cm³/mol. The topological polar surface area (TPSA) is 30.5 Å². The first-order valence-corrected chi connectivity index (χ1v) is 7.33. The van der Waals surface area contributed by atoms with Crippen LogP contribution in [0.15, 0.2) is 30.3 Å². The Bertz CT molecular complexity index is 290. The molecule has 0 spiro atoms. The van der Waals surface area contributed by atoms with Crippen molar-refractivity contribution < 1.29 is 9.47 Å². The zero-order valence-corrected chi connectivity index (χ0v) is 12.1. The Balaban J connectivity index is 1.79. The first kappa shape index (κ1) is 16.2. The largest absolute Gasteiger partial charge is 0.379 e. The SMILES string of the molecule is CCCCOCCOCCCNCc1ccccc1. The van der Waals surface area contributed by atoms with Gasteiger partial charge in [-0.1, -0.05) is 43.7 Å². The van der Waals surface area contributed by atoms with Crippen molar-refractivity contribution in [2.24, 2.45) is 0 Å². The van der Waals surface area contributed by atoms with Crippen LogP contribution in [0.5, 0.6) is 0 Å². The molecule has 0 aliphatic carbocycles. The van der Waals surface area contributed by atoms with Crippen LogP contribution in [0.3, 0.4) is 0 Å². The quantitative estimate of drug-likeness (QED) is 0.589. The lowest BCUT2D eigenvalue weighted by atomic mass is 10.2. The molecule has 0 radical (unpaired) electrons. The average molecular weight is 265 g/mol. The van der Waals surface area contributed by atoms with Gasteiger partial charge in [0.25, 0.3) is 0 Å². The van der Waals surface area contributed by atoms with E-state index in [9.17, 15) is 0 Å². The summed E-state index contributed by atoms with van der Waals surface area (Å²) in [5, 5.41) is 3.41. The van der Waals surface area contributed by atoms with E-state index < -0.39 is 0 Å². The first-order chi connectivity index (χ1) is 9.43. The molecule has 0 aliphatic rings. The maximum absolute atomic E-state index is 5.50. The highest BCUT2D eigenvalue weighted by atomic mass is 16.5. The van der Waals surface area contributed by atoms with Gasteiger partial charge in [-0.3, -0.25) is 0 Å². The highest BCUT2D eigenvalue weighted by molar-refractivity contribution is 5.14. The van der Waals surface area contributed by atoms with Crippen LogP contribution in [0.25, 0.3) is 0 Å². The fourth-order valence-corrected chi connectivity index (χ4v) is 1.70. The minimum atomic E-state index is 0.711. The third-order valence-electron chi connectivity index (χ3n) is 2.83. The van der Waals surface area contributed by atoms with Gasteiger partial charge in [0.15, 0.2) is 0 Å². The maximum Gasteiger partial charge on any atom is 0.0700 e. The highest BCUT2D eigenvalue weighted by Gasteiger charge is 1.92. The molecule has 0 heterocycles. The van der Waals surface area contributed by atoms with Gasteiger partial charge >= 0.3 is 0 Å². The van der Waals surface area contributed by atoms with Crippen molar-refractivity contribution in [3.8, 4) is 0 Å². The Morgan fingerprint density at radius 2 is 1.58 bits per heavy atom. The van der Waals surface area contributed by atoms with Gasteiger partial charge in [-0.15, -0.1) is 0 Å². The van der Waals surface area contributed by atoms with Gasteiger partial charge in [-0.2, -0.15) is 0 Å². The Kier molecular flexibility index (Phi) is 10.3. The molecule has 0 unspecified atom stereocenters. The molecular weight excluding hydrogens is 238 g/mol. The molecule has 3 heteroatoms. The normalized spacial score (nSPS) is 10.8. The monoisotopic (exact) mass is 265 g/mol. The predicted octanol–water partition coefficient (Wildman–Crippen LogP) is 3.00. The summed E-state index contributed by atoms with van der Waals surface area (Å²) in [6, 6.07) is 10.4. The van der Waals surface area contributed by atoms with Crippen molar-refractivity contribution in [3.05, 3.63) is 35.9 Å². The van der Waals surface area contributed by atoms with E-state index in [0.717, 1.165) is 45.8 Å². The number of ether oxygens (including phenoxy) is 2. The van der Waals surface area contributed by atoms with Gasteiger partial charge in [0.2, 0.25) is 0 Å². The average Bonchev–Trinajstić information content (AvgIpc) is 2.46. The summed E-state index contributed by atoms with van der Waals surface area (Å²) in [6.07, 6.45) is 3.37. The third kappa shape index (κ3) is 9.65. The van der Waals surface area contributed by atoms with Crippen LogP contribution < -0.4 is 5.32 Å². The zero-order chi connectivity index (χ0) is 13.6. The number of benzene rings is 1. The van der Waals surface area contributed by atoms with E-state index in [0.29, 0.717) is 6.61 Å². The lowest BCUT2D eigenvalue weighted by molar-refractivity contribution is 0.0459. The van der Waals surface area contributed by atoms with Crippen LogP contribution in [0.2, 0.25) is 0 Å². The van der Waals surface area contributed by atoms with E-state index in [-0.39, 0.29) is 0 Å². The fourth-order valence-electron chi connectivity index (χ4n) is 1.70. The van der Waals surface area contributed by atoms with E-state index in [1.165, 1.54) is 12.0 Å². The summed E-state index contributed by atoms with van der Waals surface area (Å²) >= 11 is 0. The fraction of sp³-hybridized carbons (Fsp3) is 0.625. The summed E-state index contributed by atoms with van der Waals surface area (Å²) in [6.45, 7) is 7.19. The van der Waals surface area contributed by atoms with Crippen LogP contribution in [0.4, 0.5) is 0 Å². The van der Waals surface area contributed by atoms with Gasteiger partial charge in [0, 0.05) is 19.8 Å². The molecule has 0 amide bonds. The number of unbranched alkanes of at least 4 members (excludes halogenated alkanes) is 1. The standard InChI is InChI=1S/C16H27NO2/c1-2-3-11-18-13-14-19-12-7-10-17-15-16-8-5-4-6-9-16/h4-6,8-9,17H,2-3,7,10-15H2,1H3. The summed E-state index contributed by atoms with van der Waals surface area (Å²) in [5.41, 5.74) is 1.33. The van der Waals surface area contributed by atoms with Crippen molar-refractivity contribution in [2.45, 2.75) is 32.7 Å². The Morgan fingerprint density at radius 3 is 2.26 bits per heavy atom. The zero-order valence-electron chi connectivity index (χ0n) is 12.1. The smallest absolute Gasteiger partial charge is 0.0700 e. The summed E-state index contributed by atoms with van der Waals surface area (Å²) in [5.74, 6) is 0. The summed E-state index contributed by atoms with van der Waals surface area (Å²) in [4.78, 5) is 0. The van der Waals surface area contributed by atoms with Crippen LogP contribution >= 0.6 is 0 Å². The number of nitrogens with one attached hydrogen (secondary N) is 1. The molecule has 1 aromatic carbocycles. The molecule has 3 nitrogen and oxygen atoms in total. The number of hydrogen-bond acceptors (Lipinski definition) is 3. The van der Waals surface area contributed by atoms with Crippen molar-refractivity contribution in [3.63, 3.8) is 0 Å². The van der Waals surface area contributed by atoms with Crippen LogP contribution in [-0.2, 0) is 16.0 Å². The Morgan fingerprint density at radius 1 is 0.895 bits per heavy atom. The second-order valence-corrected chi connectivity index (χ2v) is 4.59. The molecule has 0 aliphatic heterocycles. The first-order valence-electron chi connectivity index (χ1n) is 7.33. The van der Waals surface area contributed by atoms with E-state index in [2.05, 4.69) is 36.5 Å². The van der Waals surface area contributed by atoms with Gasteiger partial charge in [-0.05, 0) is 24.9 Å². The molecule has 1 N–H and O–H groups in total. The second kappa shape index (κ2) is 12.2. The van der Waals surface area contributed by atoms with Crippen molar-refractivity contribution in [2.75, 3.05) is 33.0 Å². The van der Waals surface area contributed by atoms with Crippen molar-refractivity contribution in [1.29, 1.82) is 0 Å². The minimum Gasteiger partial charge on any atom is -0.379 e. The lowest BCUT2D eigenvalue weighted by Crippen LogP contribution is -2.17. The van der Waals surface area contributed by atoms with Crippen molar-refractivity contribution in [1.82, 2.24) is 5.32 Å². The third-order valence-corrected chi connectivity index (χ3v) is 2.83. The van der Waals surface area contributed by atoms with E-state index in [1.54, 1.807) is 0 Å². The molecule has 108 valence electrons. The van der Waals surface area contributed by atoms with E-state index in [4.69, 9.17) is 9.47 Å². The molecule has 19 heavy (non-hydrogen) atoms. The summed E-state index contributed by atoms with van der Waals surface area (Å²) in [7, 11) is 0. The van der Waals surface area contributed by atoms with E-state index >= 15 is 0 Å². The van der Waals surface area contributed by atoms with Crippen LogP contribution in [0, 0.1) is 0 Å². The minimum absolute atomic E-state index is 0.711. The molecule has 0 aromatic heterocycles. The van der Waals surface area contributed by atoms with Gasteiger partial charge in [0.1, 0.15) is 0 Å². The number of hydrogen-bond donors (Lipinski definition) is 1. The molecule has 1 rings (SSSR count). The van der Waals surface area contributed by atoms with Crippen LogP contribution in [-0.4, -0.2) is 33.0 Å². The molecule has 0 atom stereocenters. The second-order valence-electron chi connectivity index (χ2n) is 4.59. The maximum atomic E-state index is 5.50. The van der Waals surface area contributed by atoms with Crippen molar-refractivity contribution >= 4 is 0 Å². The molecule has 0 bridgehead atoms. The van der Waals surface area contributed by atoms with E-state index in [1.807, 2.05) is 6.07 Å². The van der Waals surface area contributed by atoms with Gasteiger partial charge in [0.05, 0.1) is 13.2 Å². The number of rotatable bonds is 12. The molecule has 1 aromatic rings. The molecule has 0 saturated heterocycles. The Labute approximate surface area is 117 Å². The molecule has 0 fully saturated rings. The summed E-state index contributed by atoms with van der Waals surface area (Å²) < 4.78 is 10.9. The van der Waals surface area contributed by atoms with Crippen LogP contribution in [0.1, 0.15) is 31.7 Å². The van der Waals surface area contributed by atoms with Gasteiger partial charge in [-0.25, -0.2) is 0 Å².